The van der Waals surface area contributed by atoms with Gasteiger partial charge in [-0.15, -0.1) is 0 Å². The topological polar surface area (TPSA) is 105 Å². The maximum Gasteiger partial charge on any atom is 0.275 e. The summed E-state index contributed by atoms with van der Waals surface area (Å²) in [5.41, 5.74) is 4.69. The van der Waals surface area contributed by atoms with Gasteiger partial charge in [-0.2, -0.15) is 4.98 Å². The van der Waals surface area contributed by atoms with Gasteiger partial charge in [-0.3, -0.25) is 9.78 Å². The third-order valence-corrected chi connectivity index (χ3v) is 4.37. The van der Waals surface area contributed by atoms with E-state index >= 15 is 0 Å². The fourth-order valence-electron chi connectivity index (χ4n) is 2.85. The number of rotatable bonds is 6. The molecule has 31 heavy (non-hydrogen) atoms. The third-order valence-electron chi connectivity index (χ3n) is 4.37. The smallest absolute Gasteiger partial charge is 0.275 e. The molecular weight excluding hydrogens is 390 g/mol. The van der Waals surface area contributed by atoms with Gasteiger partial charge in [-0.1, -0.05) is 17.7 Å². The van der Waals surface area contributed by atoms with Crippen molar-refractivity contribution in [1.82, 2.24) is 19.9 Å². The molecule has 2 aromatic heterocycles. The summed E-state index contributed by atoms with van der Waals surface area (Å²) in [6.07, 6.45) is 4.42. The molecule has 0 saturated carbocycles. The molecule has 0 aliphatic heterocycles. The number of nitrogens with zero attached hydrogens (tertiary/aromatic N) is 4. The lowest BCUT2D eigenvalue weighted by atomic mass is 10.2. The first-order chi connectivity index (χ1) is 15.0. The zero-order valence-corrected chi connectivity index (χ0v) is 17.1. The highest BCUT2D eigenvalue weighted by Crippen LogP contribution is 2.21. The number of amides is 1. The van der Waals surface area contributed by atoms with Crippen LogP contribution in [-0.2, 0) is 0 Å². The van der Waals surface area contributed by atoms with Crippen molar-refractivity contribution in [2.75, 3.05) is 16.0 Å². The van der Waals surface area contributed by atoms with Gasteiger partial charge in [-0.25, -0.2) is 9.97 Å². The van der Waals surface area contributed by atoms with Crippen LogP contribution < -0.4 is 16.0 Å². The molecule has 2 heterocycles. The van der Waals surface area contributed by atoms with Gasteiger partial charge in [-0.05, 0) is 50.2 Å². The van der Waals surface area contributed by atoms with E-state index < -0.39 is 0 Å². The van der Waals surface area contributed by atoms with Crippen molar-refractivity contribution >= 4 is 34.7 Å². The molecule has 0 radical (unpaired) electrons. The third kappa shape index (κ3) is 5.39. The maximum atomic E-state index is 12.2. The number of aryl methyl sites for hydroxylation is 2. The average molecular weight is 411 g/mol. The summed E-state index contributed by atoms with van der Waals surface area (Å²) in [6, 6.07) is 17.2. The Labute approximate surface area is 179 Å². The van der Waals surface area contributed by atoms with Gasteiger partial charge in [0.05, 0.1) is 6.20 Å². The van der Waals surface area contributed by atoms with E-state index in [9.17, 15) is 4.79 Å². The van der Waals surface area contributed by atoms with Crippen LogP contribution in [0.25, 0.3) is 0 Å². The van der Waals surface area contributed by atoms with E-state index in [1.807, 2.05) is 56.3 Å². The Kier molecular flexibility index (Phi) is 5.79. The van der Waals surface area contributed by atoms with Gasteiger partial charge in [0.25, 0.3) is 5.91 Å². The van der Waals surface area contributed by atoms with Crippen molar-refractivity contribution in [3.8, 4) is 0 Å². The van der Waals surface area contributed by atoms with E-state index in [0.717, 1.165) is 17.1 Å². The molecule has 8 heteroatoms. The van der Waals surface area contributed by atoms with E-state index in [4.69, 9.17) is 0 Å². The normalized spacial score (nSPS) is 10.4. The molecule has 2 aromatic carbocycles. The summed E-state index contributed by atoms with van der Waals surface area (Å²) in [7, 11) is 0. The number of aromatic nitrogens is 4. The summed E-state index contributed by atoms with van der Waals surface area (Å²) in [5, 5.41) is 9.28. The zero-order chi connectivity index (χ0) is 21.6. The van der Waals surface area contributed by atoms with Crippen LogP contribution in [0.5, 0.6) is 0 Å². The molecular formula is C23H21N7O. The number of nitrogens with one attached hydrogen (secondary N) is 3. The molecule has 4 aromatic rings. The van der Waals surface area contributed by atoms with E-state index in [-0.39, 0.29) is 11.6 Å². The molecule has 0 unspecified atom stereocenters. The van der Waals surface area contributed by atoms with Crippen molar-refractivity contribution in [2.24, 2.45) is 0 Å². The molecule has 0 saturated heterocycles. The Bertz CT molecular complexity index is 1180. The minimum absolute atomic E-state index is 0.256. The molecule has 0 atom stereocenters. The average Bonchev–Trinajstić information content (AvgIpc) is 2.77. The molecule has 4 rings (SSSR count). The monoisotopic (exact) mass is 411 g/mol. The number of benzene rings is 2. The Hall–Kier alpha value is -4.33. The summed E-state index contributed by atoms with van der Waals surface area (Å²) < 4.78 is 0. The molecule has 0 aliphatic carbocycles. The molecule has 8 nitrogen and oxygen atoms in total. The second-order valence-electron chi connectivity index (χ2n) is 6.96. The van der Waals surface area contributed by atoms with Gasteiger partial charge in [0, 0.05) is 41.2 Å². The quantitative estimate of drug-likeness (QED) is 0.425. The van der Waals surface area contributed by atoms with Crippen molar-refractivity contribution in [3.05, 3.63) is 90.1 Å². The molecule has 3 N–H and O–H groups in total. The first-order valence-corrected chi connectivity index (χ1v) is 9.69. The SMILES string of the molecule is Cc1ccc(Nc2cc(C)nc(Nc3ccc(NC(=O)c4cnccn4)cc3)n2)cc1. The minimum atomic E-state index is -0.317. The second-order valence-corrected chi connectivity index (χ2v) is 6.96. The number of carbonyl (C=O) groups is 1. The van der Waals surface area contributed by atoms with Crippen LogP contribution in [0.2, 0.25) is 0 Å². The highest BCUT2D eigenvalue weighted by Gasteiger charge is 2.08. The highest BCUT2D eigenvalue weighted by molar-refractivity contribution is 6.02. The first-order valence-electron chi connectivity index (χ1n) is 9.69. The zero-order valence-electron chi connectivity index (χ0n) is 17.1. The van der Waals surface area contributed by atoms with Gasteiger partial charge in [0.2, 0.25) is 5.95 Å². The summed E-state index contributed by atoms with van der Waals surface area (Å²) in [4.78, 5) is 29.1. The van der Waals surface area contributed by atoms with Crippen molar-refractivity contribution < 1.29 is 4.79 Å². The Morgan fingerprint density at radius 1 is 0.806 bits per heavy atom. The van der Waals surface area contributed by atoms with E-state index in [2.05, 4.69) is 35.9 Å². The molecule has 0 bridgehead atoms. The maximum absolute atomic E-state index is 12.2. The van der Waals surface area contributed by atoms with Crippen LogP contribution in [0.3, 0.4) is 0 Å². The van der Waals surface area contributed by atoms with Gasteiger partial charge in [0.15, 0.2) is 0 Å². The number of hydrogen-bond donors (Lipinski definition) is 3. The van der Waals surface area contributed by atoms with Gasteiger partial charge in [0.1, 0.15) is 11.5 Å². The Morgan fingerprint density at radius 3 is 2.19 bits per heavy atom. The lowest BCUT2D eigenvalue weighted by Crippen LogP contribution is -2.13. The van der Waals surface area contributed by atoms with Crippen LogP contribution in [0.1, 0.15) is 21.7 Å². The predicted octanol–water partition coefficient (Wildman–Crippen LogP) is 4.62. The fraction of sp³-hybridized carbons (Fsp3) is 0.0870. The second kappa shape index (κ2) is 9.00. The summed E-state index contributed by atoms with van der Waals surface area (Å²) in [5.74, 6) is 0.861. The lowest BCUT2D eigenvalue weighted by Gasteiger charge is -2.11. The summed E-state index contributed by atoms with van der Waals surface area (Å²) in [6.45, 7) is 3.96. The minimum Gasteiger partial charge on any atom is -0.340 e. The molecule has 154 valence electrons. The van der Waals surface area contributed by atoms with Crippen molar-refractivity contribution in [3.63, 3.8) is 0 Å². The van der Waals surface area contributed by atoms with Crippen molar-refractivity contribution in [2.45, 2.75) is 13.8 Å². The number of carbonyl (C=O) groups excluding carboxylic acids is 1. The molecule has 1 amide bonds. The fourth-order valence-corrected chi connectivity index (χ4v) is 2.85. The first kappa shape index (κ1) is 20.0. The summed E-state index contributed by atoms with van der Waals surface area (Å²) >= 11 is 0. The molecule has 0 aliphatic rings. The standard InChI is InChI=1S/C23H21N7O/c1-15-3-5-17(6-4-15)27-21-13-16(2)26-23(30-21)29-19-9-7-18(8-10-19)28-22(31)20-14-24-11-12-25-20/h3-14H,1-2H3,(H,28,31)(H2,26,27,29,30). The number of anilines is 5. The highest BCUT2D eigenvalue weighted by atomic mass is 16.1. The Morgan fingerprint density at radius 2 is 1.48 bits per heavy atom. The van der Waals surface area contributed by atoms with Gasteiger partial charge < -0.3 is 16.0 Å². The van der Waals surface area contributed by atoms with E-state index in [1.165, 1.54) is 24.2 Å². The van der Waals surface area contributed by atoms with Gasteiger partial charge >= 0.3 is 0 Å². The van der Waals surface area contributed by atoms with Crippen molar-refractivity contribution in [1.29, 1.82) is 0 Å². The van der Waals surface area contributed by atoms with Crippen LogP contribution >= 0.6 is 0 Å². The largest absolute Gasteiger partial charge is 0.340 e. The number of hydrogen-bond acceptors (Lipinski definition) is 7. The predicted molar refractivity (Wildman–Crippen MR) is 121 cm³/mol. The molecule has 0 spiro atoms. The van der Waals surface area contributed by atoms with E-state index in [1.54, 1.807) is 12.1 Å². The van der Waals surface area contributed by atoms with Crippen LogP contribution in [0, 0.1) is 13.8 Å². The Balaban J connectivity index is 1.43. The van der Waals surface area contributed by atoms with E-state index in [0.29, 0.717) is 17.5 Å². The molecule has 0 fully saturated rings. The van der Waals surface area contributed by atoms with Crippen LogP contribution in [0.15, 0.2) is 73.2 Å². The van der Waals surface area contributed by atoms with Crippen LogP contribution in [-0.4, -0.2) is 25.8 Å². The lowest BCUT2D eigenvalue weighted by molar-refractivity contribution is 0.102. The van der Waals surface area contributed by atoms with Crippen LogP contribution in [0.4, 0.5) is 28.8 Å².